The standard InChI is InChI=1S/C31H44N6O4S2/c1-4-8-30(39)34-27-16-28(37(21-27)43(40,41)29-13-11-22(2)12-14-29)17-32-31(42)35-26-15-25(33-23(3)38)19-36(20-26)18-24-9-6-5-7-10-24/h5-7,9-14,25-28H,4,8,15-21H2,1-3H3,(H,33,38)(H,34,39)(H2,32,35,42)/t25-,26?,27+,28?/m1/s1. The van der Waals surface area contributed by atoms with Crippen LogP contribution in [-0.4, -0.2) is 84.9 Å². The maximum atomic E-state index is 13.7. The van der Waals surface area contributed by atoms with Crippen LogP contribution in [0.25, 0.3) is 0 Å². The van der Waals surface area contributed by atoms with E-state index in [1.807, 2.05) is 32.0 Å². The Kier molecular flexibility index (Phi) is 11.5. The second-order valence-electron chi connectivity index (χ2n) is 11.7. The Balaban J connectivity index is 1.41. The van der Waals surface area contributed by atoms with Crippen LogP contribution < -0.4 is 21.3 Å². The van der Waals surface area contributed by atoms with Crippen LogP contribution >= 0.6 is 12.2 Å². The second kappa shape index (κ2) is 15.1. The molecule has 2 aromatic carbocycles. The molecule has 4 atom stereocenters. The Morgan fingerprint density at radius 2 is 1.56 bits per heavy atom. The molecular weight excluding hydrogens is 585 g/mol. The summed E-state index contributed by atoms with van der Waals surface area (Å²) in [5, 5.41) is 13.1. The number of thiocarbonyl (C=S) groups is 1. The summed E-state index contributed by atoms with van der Waals surface area (Å²) in [6.07, 6.45) is 2.33. The van der Waals surface area contributed by atoms with Crippen LogP contribution in [0, 0.1) is 6.92 Å². The third-order valence-corrected chi connectivity index (χ3v) is 10.0. The summed E-state index contributed by atoms with van der Waals surface area (Å²) >= 11 is 5.67. The molecule has 10 nitrogen and oxygen atoms in total. The number of rotatable bonds is 11. The van der Waals surface area contributed by atoms with Gasteiger partial charge >= 0.3 is 0 Å². The topological polar surface area (TPSA) is 123 Å². The maximum absolute atomic E-state index is 13.7. The predicted molar refractivity (Wildman–Crippen MR) is 172 cm³/mol. The minimum absolute atomic E-state index is 0.00800. The molecule has 2 amide bonds. The van der Waals surface area contributed by atoms with Gasteiger partial charge in [0.1, 0.15) is 0 Å². The van der Waals surface area contributed by atoms with Gasteiger partial charge in [0, 0.05) is 70.2 Å². The molecule has 0 aromatic heterocycles. The zero-order chi connectivity index (χ0) is 31.0. The average molecular weight is 629 g/mol. The molecule has 234 valence electrons. The second-order valence-corrected chi connectivity index (χ2v) is 14.0. The normalized spacial score (nSPS) is 23.0. The van der Waals surface area contributed by atoms with Gasteiger partial charge in [-0.15, -0.1) is 0 Å². The molecule has 2 unspecified atom stereocenters. The first-order chi connectivity index (χ1) is 20.5. The molecule has 2 aliphatic heterocycles. The van der Waals surface area contributed by atoms with Crippen molar-refractivity contribution in [2.45, 2.75) is 82.1 Å². The Hall–Kier alpha value is -3.06. The van der Waals surface area contributed by atoms with Crippen molar-refractivity contribution in [1.29, 1.82) is 0 Å². The number of benzene rings is 2. The third kappa shape index (κ3) is 9.46. The van der Waals surface area contributed by atoms with Crippen molar-refractivity contribution in [2.24, 2.45) is 0 Å². The van der Waals surface area contributed by atoms with Crippen LogP contribution in [0.15, 0.2) is 59.5 Å². The summed E-state index contributed by atoms with van der Waals surface area (Å²) in [6.45, 7) is 8.13. The lowest BCUT2D eigenvalue weighted by Gasteiger charge is -2.39. The molecule has 2 aliphatic rings. The van der Waals surface area contributed by atoms with E-state index < -0.39 is 16.1 Å². The summed E-state index contributed by atoms with van der Waals surface area (Å²) in [6, 6.07) is 16.3. The highest BCUT2D eigenvalue weighted by molar-refractivity contribution is 7.89. The fraction of sp³-hybridized carbons (Fsp3) is 0.516. The van der Waals surface area contributed by atoms with Crippen molar-refractivity contribution in [3.8, 4) is 0 Å². The molecule has 2 aromatic rings. The van der Waals surface area contributed by atoms with Gasteiger partial charge in [-0.2, -0.15) is 4.31 Å². The number of aryl methyl sites for hydroxylation is 1. The molecule has 2 heterocycles. The van der Waals surface area contributed by atoms with Crippen LogP contribution in [0.3, 0.4) is 0 Å². The van der Waals surface area contributed by atoms with Crippen molar-refractivity contribution in [3.63, 3.8) is 0 Å². The van der Waals surface area contributed by atoms with E-state index in [0.717, 1.165) is 38.0 Å². The van der Waals surface area contributed by atoms with Gasteiger partial charge in [-0.1, -0.05) is 55.0 Å². The third-order valence-electron chi connectivity index (χ3n) is 7.85. The number of nitrogens with one attached hydrogen (secondary N) is 4. The number of sulfonamides is 1. The fourth-order valence-electron chi connectivity index (χ4n) is 5.95. The SMILES string of the molecule is CCCC(=O)N[C@H]1CC(CNC(=S)NC2C[C@@H](NC(C)=O)CN(Cc3ccccc3)C2)N(S(=O)(=O)c2ccc(C)cc2)C1. The van der Waals surface area contributed by atoms with Crippen LogP contribution in [0.2, 0.25) is 0 Å². The molecule has 2 fully saturated rings. The van der Waals surface area contributed by atoms with E-state index in [2.05, 4.69) is 38.3 Å². The van der Waals surface area contributed by atoms with Crippen molar-refractivity contribution >= 4 is 39.2 Å². The zero-order valence-electron chi connectivity index (χ0n) is 25.2. The molecule has 12 heteroatoms. The smallest absolute Gasteiger partial charge is 0.243 e. The number of hydrogen-bond acceptors (Lipinski definition) is 6. The van der Waals surface area contributed by atoms with Crippen LogP contribution in [-0.2, 0) is 26.2 Å². The van der Waals surface area contributed by atoms with Crippen molar-refractivity contribution in [3.05, 3.63) is 65.7 Å². The van der Waals surface area contributed by atoms with Gasteiger partial charge in [-0.3, -0.25) is 14.5 Å². The highest BCUT2D eigenvalue weighted by atomic mass is 32.2. The Morgan fingerprint density at radius 3 is 2.21 bits per heavy atom. The first-order valence-electron chi connectivity index (χ1n) is 15.0. The molecule has 2 saturated heterocycles. The number of piperidine rings is 1. The summed E-state index contributed by atoms with van der Waals surface area (Å²) < 4.78 is 28.8. The molecule has 0 aliphatic carbocycles. The van der Waals surface area contributed by atoms with E-state index in [1.54, 1.807) is 24.3 Å². The van der Waals surface area contributed by atoms with E-state index in [4.69, 9.17) is 12.2 Å². The lowest BCUT2D eigenvalue weighted by atomic mass is 10.00. The van der Waals surface area contributed by atoms with E-state index in [1.165, 1.54) is 16.8 Å². The van der Waals surface area contributed by atoms with Gasteiger partial charge in [0.2, 0.25) is 21.8 Å². The van der Waals surface area contributed by atoms with Crippen molar-refractivity contribution in [1.82, 2.24) is 30.5 Å². The summed E-state index contributed by atoms with van der Waals surface area (Å²) in [5.41, 5.74) is 2.17. The van der Waals surface area contributed by atoms with E-state index in [9.17, 15) is 18.0 Å². The number of nitrogens with zero attached hydrogens (tertiary/aromatic N) is 2. The average Bonchev–Trinajstić information content (AvgIpc) is 3.35. The number of hydrogen-bond donors (Lipinski definition) is 4. The van der Waals surface area contributed by atoms with Gasteiger partial charge in [-0.25, -0.2) is 8.42 Å². The maximum Gasteiger partial charge on any atom is 0.243 e. The van der Waals surface area contributed by atoms with Crippen LogP contribution in [0.4, 0.5) is 0 Å². The highest BCUT2D eigenvalue weighted by Crippen LogP contribution is 2.27. The Bertz CT molecular complexity index is 1360. The number of carbonyl (C=O) groups is 2. The first-order valence-corrected chi connectivity index (χ1v) is 16.8. The summed E-state index contributed by atoms with van der Waals surface area (Å²) in [7, 11) is -3.79. The molecule has 43 heavy (non-hydrogen) atoms. The van der Waals surface area contributed by atoms with Crippen LogP contribution in [0.5, 0.6) is 0 Å². The monoisotopic (exact) mass is 628 g/mol. The number of carbonyl (C=O) groups excluding carboxylic acids is 2. The molecule has 0 spiro atoms. The van der Waals surface area contributed by atoms with Gasteiger partial charge in [0.15, 0.2) is 5.11 Å². The molecule has 4 N–H and O–H groups in total. The van der Waals surface area contributed by atoms with Gasteiger partial charge in [0.25, 0.3) is 0 Å². The highest BCUT2D eigenvalue weighted by Gasteiger charge is 2.41. The fourth-order valence-corrected chi connectivity index (χ4v) is 7.88. The van der Waals surface area contributed by atoms with Crippen LogP contribution in [0.1, 0.15) is 50.7 Å². The zero-order valence-corrected chi connectivity index (χ0v) is 26.8. The lowest BCUT2D eigenvalue weighted by Crippen LogP contribution is -2.58. The molecule has 0 bridgehead atoms. The van der Waals surface area contributed by atoms with E-state index in [-0.39, 0.29) is 41.4 Å². The van der Waals surface area contributed by atoms with Crippen molar-refractivity contribution < 1.29 is 18.0 Å². The number of likely N-dealkylation sites (tertiary alicyclic amines) is 1. The number of amides is 2. The lowest BCUT2D eigenvalue weighted by molar-refractivity contribution is -0.122. The largest absolute Gasteiger partial charge is 0.361 e. The minimum Gasteiger partial charge on any atom is -0.361 e. The summed E-state index contributed by atoms with van der Waals surface area (Å²) in [4.78, 5) is 26.7. The Morgan fingerprint density at radius 1 is 0.907 bits per heavy atom. The van der Waals surface area contributed by atoms with Crippen molar-refractivity contribution in [2.75, 3.05) is 26.2 Å². The molecule has 4 rings (SSSR count). The minimum atomic E-state index is -3.79. The quantitative estimate of drug-likeness (QED) is 0.280. The molecule has 0 radical (unpaired) electrons. The summed E-state index contributed by atoms with van der Waals surface area (Å²) in [5.74, 6) is -0.139. The molecular formula is C31H44N6O4S2. The Labute approximate surface area is 261 Å². The van der Waals surface area contributed by atoms with E-state index in [0.29, 0.717) is 24.5 Å². The van der Waals surface area contributed by atoms with E-state index >= 15 is 0 Å². The van der Waals surface area contributed by atoms with Gasteiger partial charge < -0.3 is 21.3 Å². The van der Waals surface area contributed by atoms with Gasteiger partial charge in [0.05, 0.1) is 4.90 Å². The predicted octanol–water partition coefficient (Wildman–Crippen LogP) is 2.29. The first kappa shape index (κ1) is 32.8. The molecule has 0 saturated carbocycles. The van der Waals surface area contributed by atoms with Gasteiger partial charge in [-0.05, 0) is 56.1 Å².